The minimum Gasteiger partial charge on any atom is -0.383 e. The Morgan fingerprint density at radius 3 is 2.90 bits per heavy atom. The molecule has 1 fully saturated rings. The number of nitrogens with zero attached hydrogens (tertiary/aromatic N) is 7. The predicted molar refractivity (Wildman–Crippen MR) is 109 cm³/mol. The van der Waals surface area contributed by atoms with Crippen molar-refractivity contribution in [2.24, 2.45) is 0 Å². The standard InChI is InChI=1S/C20H19F2N9/c21-16-4-1-5-17(18(16)22)31-20(27-28-29-31)15-7-12(8-25-19(15)23)13-9-26-30(11-13)14-3-2-6-24-10-14/h1,4-5,7-9,11,14,24H,2-3,6,10H2,(H2,23,25). The molecule has 0 spiro atoms. The molecule has 0 amide bonds. The van der Waals surface area contributed by atoms with Crippen molar-refractivity contribution in [2.45, 2.75) is 18.9 Å². The van der Waals surface area contributed by atoms with Gasteiger partial charge in [0.05, 0.1) is 17.8 Å². The maximum absolute atomic E-state index is 14.3. The molecule has 11 heteroatoms. The summed E-state index contributed by atoms with van der Waals surface area (Å²) in [5.74, 6) is -1.73. The second kappa shape index (κ2) is 7.84. The van der Waals surface area contributed by atoms with Crippen LogP contribution in [-0.2, 0) is 0 Å². The third-order valence-electron chi connectivity index (χ3n) is 5.37. The van der Waals surface area contributed by atoms with Crippen LogP contribution in [0.25, 0.3) is 28.2 Å². The number of hydrogen-bond donors (Lipinski definition) is 2. The quantitative estimate of drug-likeness (QED) is 0.518. The number of hydrogen-bond acceptors (Lipinski definition) is 7. The molecule has 1 saturated heterocycles. The van der Waals surface area contributed by atoms with Gasteiger partial charge in [0.15, 0.2) is 17.5 Å². The normalized spacial score (nSPS) is 16.5. The summed E-state index contributed by atoms with van der Waals surface area (Å²) in [5.41, 5.74) is 7.97. The highest BCUT2D eigenvalue weighted by Gasteiger charge is 2.20. The van der Waals surface area contributed by atoms with Gasteiger partial charge >= 0.3 is 0 Å². The maximum Gasteiger partial charge on any atom is 0.190 e. The van der Waals surface area contributed by atoms with Crippen molar-refractivity contribution in [3.8, 4) is 28.2 Å². The number of aromatic nitrogens is 7. The van der Waals surface area contributed by atoms with Gasteiger partial charge in [-0.05, 0) is 48.0 Å². The largest absolute Gasteiger partial charge is 0.383 e. The van der Waals surface area contributed by atoms with Crippen LogP contribution >= 0.6 is 0 Å². The summed E-state index contributed by atoms with van der Waals surface area (Å²) in [4.78, 5) is 4.26. The molecule has 1 atom stereocenters. The van der Waals surface area contributed by atoms with Crippen LogP contribution in [0.5, 0.6) is 0 Å². The molecular formula is C20H19F2N9. The smallest absolute Gasteiger partial charge is 0.190 e. The minimum atomic E-state index is -1.05. The van der Waals surface area contributed by atoms with Crippen molar-refractivity contribution in [3.05, 3.63) is 54.5 Å². The zero-order chi connectivity index (χ0) is 21.4. The van der Waals surface area contributed by atoms with E-state index in [0.717, 1.165) is 47.8 Å². The molecule has 158 valence electrons. The fourth-order valence-corrected chi connectivity index (χ4v) is 3.73. The number of benzene rings is 1. The molecule has 0 aliphatic carbocycles. The number of anilines is 1. The third kappa shape index (κ3) is 3.52. The fourth-order valence-electron chi connectivity index (χ4n) is 3.73. The lowest BCUT2D eigenvalue weighted by Crippen LogP contribution is -2.31. The Labute approximate surface area is 175 Å². The summed E-state index contributed by atoms with van der Waals surface area (Å²) in [6.07, 6.45) is 7.53. The van der Waals surface area contributed by atoms with Crippen molar-refractivity contribution < 1.29 is 8.78 Å². The molecule has 1 aromatic carbocycles. The van der Waals surface area contributed by atoms with Gasteiger partial charge < -0.3 is 11.1 Å². The van der Waals surface area contributed by atoms with Crippen molar-refractivity contribution in [3.63, 3.8) is 0 Å². The second-order valence-electron chi connectivity index (χ2n) is 7.35. The molecule has 1 unspecified atom stereocenters. The van der Waals surface area contributed by atoms with Gasteiger partial charge in [0.2, 0.25) is 0 Å². The molecule has 1 aliphatic heterocycles. The first-order valence-electron chi connectivity index (χ1n) is 9.85. The van der Waals surface area contributed by atoms with Gasteiger partial charge in [-0.25, -0.2) is 13.8 Å². The van der Waals surface area contributed by atoms with Gasteiger partial charge in [-0.3, -0.25) is 4.68 Å². The first kappa shape index (κ1) is 19.2. The highest BCUT2D eigenvalue weighted by Crippen LogP contribution is 2.30. The van der Waals surface area contributed by atoms with E-state index in [4.69, 9.17) is 5.73 Å². The first-order valence-corrected chi connectivity index (χ1v) is 9.85. The number of piperidine rings is 1. The number of halogens is 2. The van der Waals surface area contributed by atoms with E-state index in [-0.39, 0.29) is 17.3 Å². The van der Waals surface area contributed by atoms with E-state index < -0.39 is 11.6 Å². The Hall–Kier alpha value is -3.73. The Kier molecular flexibility index (Phi) is 4.86. The number of nitrogens with one attached hydrogen (secondary N) is 1. The molecule has 1 aliphatic rings. The van der Waals surface area contributed by atoms with E-state index in [1.807, 2.05) is 10.9 Å². The van der Waals surface area contributed by atoms with Crippen molar-refractivity contribution >= 4 is 5.82 Å². The SMILES string of the molecule is Nc1ncc(-c2cnn(C3CCCNC3)c2)cc1-c1nnnn1-c1cccc(F)c1F. The summed E-state index contributed by atoms with van der Waals surface area (Å²) >= 11 is 0. The van der Waals surface area contributed by atoms with Crippen LogP contribution in [0.4, 0.5) is 14.6 Å². The molecule has 5 rings (SSSR count). The molecular weight excluding hydrogens is 404 g/mol. The van der Waals surface area contributed by atoms with Crippen LogP contribution in [0.15, 0.2) is 42.9 Å². The van der Waals surface area contributed by atoms with Crippen molar-refractivity contribution in [1.82, 2.24) is 40.3 Å². The molecule has 4 heterocycles. The summed E-state index contributed by atoms with van der Waals surface area (Å²) in [5, 5.41) is 19.3. The molecule has 3 N–H and O–H groups in total. The molecule has 0 saturated carbocycles. The van der Waals surface area contributed by atoms with Crippen molar-refractivity contribution in [1.29, 1.82) is 0 Å². The van der Waals surface area contributed by atoms with Gasteiger partial charge in [-0.2, -0.15) is 9.78 Å². The molecule has 0 radical (unpaired) electrons. The van der Waals surface area contributed by atoms with Gasteiger partial charge in [0.25, 0.3) is 0 Å². The fraction of sp³-hybridized carbons (Fsp3) is 0.250. The van der Waals surface area contributed by atoms with E-state index in [1.165, 1.54) is 12.1 Å². The first-order chi connectivity index (χ1) is 15.1. The van der Waals surface area contributed by atoms with Crippen molar-refractivity contribution in [2.75, 3.05) is 18.8 Å². The molecule has 31 heavy (non-hydrogen) atoms. The summed E-state index contributed by atoms with van der Waals surface area (Å²) in [6, 6.07) is 5.85. The van der Waals surface area contributed by atoms with Gasteiger partial charge in [0.1, 0.15) is 11.5 Å². The Morgan fingerprint density at radius 2 is 2.06 bits per heavy atom. The van der Waals surface area contributed by atoms with E-state index in [2.05, 4.69) is 30.9 Å². The van der Waals surface area contributed by atoms with Crippen LogP contribution < -0.4 is 11.1 Å². The number of rotatable bonds is 4. The number of nitrogen functional groups attached to an aromatic ring is 1. The number of tetrazole rings is 1. The highest BCUT2D eigenvalue weighted by atomic mass is 19.2. The summed E-state index contributed by atoms with van der Waals surface area (Å²) < 4.78 is 31.1. The summed E-state index contributed by atoms with van der Waals surface area (Å²) in [6.45, 7) is 1.90. The number of nitrogens with two attached hydrogens (primary N) is 1. The lowest BCUT2D eigenvalue weighted by atomic mass is 10.1. The van der Waals surface area contributed by atoms with Crippen LogP contribution in [0.2, 0.25) is 0 Å². The van der Waals surface area contributed by atoms with Crippen LogP contribution in [-0.4, -0.2) is 48.1 Å². The van der Waals surface area contributed by atoms with Gasteiger partial charge in [-0.1, -0.05) is 6.07 Å². The zero-order valence-electron chi connectivity index (χ0n) is 16.4. The maximum atomic E-state index is 14.3. The topological polar surface area (TPSA) is 112 Å². The van der Waals surface area contributed by atoms with Crippen LogP contribution in [0.3, 0.4) is 0 Å². The average molecular weight is 423 g/mol. The van der Waals surface area contributed by atoms with Gasteiger partial charge in [0, 0.05) is 30.1 Å². The Bertz CT molecular complexity index is 1230. The average Bonchev–Trinajstić information content (AvgIpc) is 3.47. The second-order valence-corrected chi connectivity index (χ2v) is 7.35. The highest BCUT2D eigenvalue weighted by molar-refractivity contribution is 5.76. The number of pyridine rings is 1. The van der Waals surface area contributed by atoms with E-state index in [9.17, 15) is 8.78 Å². The monoisotopic (exact) mass is 423 g/mol. The molecule has 4 aromatic rings. The minimum absolute atomic E-state index is 0.123. The Morgan fingerprint density at radius 1 is 1.16 bits per heavy atom. The Balaban J connectivity index is 1.53. The van der Waals surface area contributed by atoms with Crippen LogP contribution in [0.1, 0.15) is 18.9 Å². The van der Waals surface area contributed by atoms with E-state index in [0.29, 0.717) is 11.6 Å². The predicted octanol–water partition coefficient (Wildman–Crippen LogP) is 2.37. The lowest BCUT2D eigenvalue weighted by Gasteiger charge is -2.22. The van der Waals surface area contributed by atoms with Gasteiger partial charge in [-0.15, -0.1) is 5.10 Å². The van der Waals surface area contributed by atoms with E-state index >= 15 is 0 Å². The molecule has 9 nitrogen and oxygen atoms in total. The lowest BCUT2D eigenvalue weighted by molar-refractivity contribution is 0.347. The molecule has 0 bridgehead atoms. The van der Waals surface area contributed by atoms with E-state index in [1.54, 1.807) is 18.5 Å². The summed E-state index contributed by atoms with van der Waals surface area (Å²) in [7, 11) is 0. The third-order valence-corrected chi connectivity index (χ3v) is 5.37. The molecule has 3 aromatic heterocycles. The van der Waals surface area contributed by atoms with Crippen LogP contribution in [0, 0.1) is 11.6 Å². The zero-order valence-corrected chi connectivity index (χ0v) is 16.4.